The number of hydrogen-bond donors (Lipinski definition) is 4. The van der Waals surface area contributed by atoms with Crippen LogP contribution in [0.1, 0.15) is 86.2 Å². The Kier molecular flexibility index (Phi) is 25.3. The number of hydrogen-bond acceptors (Lipinski definition) is 12. The van der Waals surface area contributed by atoms with Gasteiger partial charge in [0.25, 0.3) is 23.0 Å². The highest BCUT2D eigenvalue weighted by Crippen LogP contribution is 2.34. The molecule has 7 rings (SSSR count). The van der Waals surface area contributed by atoms with Gasteiger partial charge in [-0.05, 0) is 107 Å². The van der Waals surface area contributed by atoms with Crippen LogP contribution in [0.5, 0.6) is 5.75 Å². The van der Waals surface area contributed by atoms with Crippen molar-refractivity contribution in [3.8, 4) is 22.8 Å². The van der Waals surface area contributed by atoms with Crippen molar-refractivity contribution in [2.75, 3.05) is 67.0 Å². The first-order valence-corrected chi connectivity index (χ1v) is 26.0. The number of ether oxygens (including phenoxy) is 2. The van der Waals surface area contributed by atoms with Gasteiger partial charge in [0, 0.05) is 77.5 Å². The summed E-state index contributed by atoms with van der Waals surface area (Å²) in [6, 6.07) is 31.2. The molecule has 4 amide bonds. The van der Waals surface area contributed by atoms with Gasteiger partial charge in [0.2, 0.25) is 0 Å². The molecule has 19 nitrogen and oxygen atoms in total. The molecule has 0 saturated carbocycles. The van der Waals surface area contributed by atoms with Crippen LogP contribution in [0.3, 0.4) is 0 Å². The summed E-state index contributed by atoms with van der Waals surface area (Å²) in [5, 5.41) is 16.9. The molecule has 3 aromatic heterocycles. The molecule has 4 aromatic carbocycles. The Labute approximate surface area is 487 Å². The second-order valence-electron chi connectivity index (χ2n) is 18.8. The monoisotopic (exact) mass is 1220 g/mol. The zero-order valence-electron chi connectivity index (χ0n) is 46.9. The third-order valence-corrected chi connectivity index (χ3v) is 11.2. The van der Waals surface area contributed by atoms with Crippen molar-refractivity contribution in [2.45, 2.75) is 51.8 Å². The minimum Gasteiger partial charge on any atom is -0.494 e. The van der Waals surface area contributed by atoms with E-state index in [0.29, 0.717) is 54.6 Å². The summed E-state index contributed by atoms with van der Waals surface area (Å²) in [7, 11) is 4.89. The Hall–Kier alpha value is -8.76. The standard InChI is InChI=1S/C23H23F3N4O3.C14H15F3N4O.C11H6ClF3N2O.C8H18N2O2/c1-3-33-18-11-9-16(10-12-18)22(32)29(2)14-13-27-21(31)19-15-30(17-7-5-4-6-8-17)28-20(19)23(24,25)26;1-18-7-8-19-13(22)11-9-21(10-5-3-2-4-6-10)20-12(11)14(15,16)17;12-10(18)8-6-17(7-4-2-1-3-5-7)16-9(8)11(13,14)15;1-8(2,3)12-7(11)10(4)6-5-9/h4-12,15H,3,13-14H2,1-2H3,(H,27,31);2-6,9,18H,7-8H2,1H3,(H,19,22);1-6H;5-6,9H2,1-4H3. The Morgan fingerprint density at radius 2 is 0.953 bits per heavy atom. The van der Waals surface area contributed by atoms with Crippen molar-refractivity contribution in [3.63, 3.8) is 0 Å². The number of halogens is 10. The number of aromatic nitrogens is 6. The van der Waals surface area contributed by atoms with Gasteiger partial charge in [0.05, 0.1) is 40.4 Å². The predicted molar refractivity (Wildman–Crippen MR) is 297 cm³/mol. The van der Waals surface area contributed by atoms with Crippen molar-refractivity contribution < 1.29 is 73.0 Å². The van der Waals surface area contributed by atoms with Crippen LogP contribution in [0.25, 0.3) is 17.1 Å². The van der Waals surface area contributed by atoms with E-state index in [9.17, 15) is 63.5 Å². The molecule has 0 radical (unpaired) electrons. The van der Waals surface area contributed by atoms with E-state index in [-0.39, 0.29) is 31.6 Å². The smallest absolute Gasteiger partial charge is 0.435 e. The number of nitrogens with one attached hydrogen (secondary N) is 3. The van der Waals surface area contributed by atoms with Crippen LogP contribution in [0.4, 0.5) is 44.3 Å². The lowest BCUT2D eigenvalue weighted by Gasteiger charge is -2.24. The average molecular weight is 1220 g/mol. The molecule has 5 N–H and O–H groups in total. The van der Waals surface area contributed by atoms with Gasteiger partial charge >= 0.3 is 24.6 Å². The van der Waals surface area contributed by atoms with E-state index in [1.807, 2.05) is 27.7 Å². The molecule has 0 saturated heterocycles. The van der Waals surface area contributed by atoms with Crippen LogP contribution in [-0.4, -0.2) is 141 Å². The molecule has 0 fully saturated rings. The zero-order valence-corrected chi connectivity index (χ0v) is 47.7. The van der Waals surface area contributed by atoms with Gasteiger partial charge in [-0.3, -0.25) is 19.2 Å². The number of alkyl halides is 9. The van der Waals surface area contributed by atoms with Gasteiger partial charge in [-0.15, -0.1) is 0 Å². The quantitative estimate of drug-likeness (QED) is 0.0380. The molecule has 0 atom stereocenters. The van der Waals surface area contributed by atoms with Gasteiger partial charge < -0.3 is 41.0 Å². The Balaban J connectivity index is 0.000000259. The number of nitrogens with zero attached hydrogens (tertiary/aromatic N) is 8. The fourth-order valence-corrected chi connectivity index (χ4v) is 7.14. The molecule has 85 heavy (non-hydrogen) atoms. The highest BCUT2D eigenvalue weighted by Gasteiger charge is 2.41. The molecule has 458 valence electrons. The highest BCUT2D eigenvalue weighted by molar-refractivity contribution is 6.67. The van der Waals surface area contributed by atoms with Crippen molar-refractivity contribution in [3.05, 3.63) is 173 Å². The number of amides is 4. The minimum atomic E-state index is -4.80. The molecule has 0 spiro atoms. The molecule has 0 aliphatic heterocycles. The molecule has 0 aliphatic carbocycles. The zero-order chi connectivity index (χ0) is 63.3. The first kappa shape index (κ1) is 68.7. The van der Waals surface area contributed by atoms with Crippen LogP contribution in [0.2, 0.25) is 0 Å². The second kappa shape index (κ2) is 31.2. The molecule has 3 heterocycles. The number of rotatable bonds is 17. The summed E-state index contributed by atoms with van der Waals surface area (Å²) in [5.74, 6) is -1.38. The van der Waals surface area contributed by atoms with Crippen LogP contribution in [0.15, 0.2) is 134 Å². The summed E-state index contributed by atoms with van der Waals surface area (Å²) in [6.07, 6.45) is -11.4. The van der Waals surface area contributed by atoms with E-state index in [2.05, 4.69) is 31.2 Å². The van der Waals surface area contributed by atoms with E-state index in [1.54, 1.807) is 136 Å². The normalized spacial score (nSPS) is 11.3. The summed E-state index contributed by atoms with van der Waals surface area (Å²) in [5.41, 5.74) is 1.02. The maximum atomic E-state index is 13.4. The third kappa shape index (κ3) is 21.4. The second-order valence-corrected chi connectivity index (χ2v) is 19.1. The van der Waals surface area contributed by atoms with Gasteiger partial charge in [0.1, 0.15) is 11.4 Å². The van der Waals surface area contributed by atoms with Crippen molar-refractivity contribution in [2.24, 2.45) is 5.73 Å². The Bertz CT molecular complexity index is 3260. The number of para-hydroxylation sites is 3. The summed E-state index contributed by atoms with van der Waals surface area (Å²) in [6.45, 7) is 9.59. The fraction of sp³-hybridized carbons (Fsp3) is 0.321. The van der Waals surface area contributed by atoms with Crippen molar-refractivity contribution in [1.29, 1.82) is 0 Å². The van der Waals surface area contributed by atoms with Crippen LogP contribution >= 0.6 is 11.6 Å². The number of nitrogens with two attached hydrogens (primary N) is 1. The maximum Gasteiger partial charge on any atom is 0.435 e. The van der Waals surface area contributed by atoms with E-state index in [1.165, 1.54) is 9.80 Å². The van der Waals surface area contributed by atoms with Crippen LogP contribution in [0, 0.1) is 0 Å². The first-order valence-electron chi connectivity index (χ1n) is 25.6. The van der Waals surface area contributed by atoms with Gasteiger partial charge in [-0.25, -0.2) is 18.8 Å². The maximum absolute atomic E-state index is 13.4. The molecule has 7 aromatic rings. The summed E-state index contributed by atoms with van der Waals surface area (Å²) >= 11 is 5.12. The SMILES string of the molecule is CCOc1ccc(C(=O)N(C)CCNC(=O)c2cn(-c3ccccc3)nc2C(F)(F)F)cc1.CN(CCN)C(=O)OC(C)(C)C.CNCCNC(=O)c1cn(-c2ccccc2)nc1C(F)(F)F.O=C(Cl)c1cn(-c2ccccc2)nc1C(F)(F)F. The molecule has 29 heteroatoms. The van der Waals surface area contributed by atoms with E-state index < -0.39 is 75.0 Å². The number of carbonyl (C=O) groups is 5. The molecule has 0 unspecified atom stereocenters. The van der Waals surface area contributed by atoms with Gasteiger partial charge in [-0.1, -0.05) is 54.6 Å². The Morgan fingerprint density at radius 3 is 1.29 bits per heavy atom. The fourth-order valence-electron chi connectivity index (χ4n) is 7.00. The molecular weight excluding hydrogens is 1160 g/mol. The number of carbonyl (C=O) groups excluding carboxylic acids is 5. The minimum absolute atomic E-state index is 0.0358. The van der Waals surface area contributed by atoms with E-state index in [4.69, 9.17) is 26.8 Å². The topological polar surface area (TPSA) is 226 Å². The first-order chi connectivity index (χ1) is 39.9. The van der Waals surface area contributed by atoms with E-state index in [0.717, 1.165) is 32.6 Å². The van der Waals surface area contributed by atoms with Crippen LogP contribution in [-0.2, 0) is 23.3 Å². The van der Waals surface area contributed by atoms with Gasteiger partial charge in [-0.2, -0.15) is 54.8 Å². The number of benzene rings is 4. The van der Waals surface area contributed by atoms with Crippen molar-refractivity contribution in [1.82, 2.24) is 55.1 Å². The molecule has 0 bridgehead atoms. The van der Waals surface area contributed by atoms with Crippen LogP contribution < -0.4 is 26.4 Å². The third-order valence-electron chi connectivity index (χ3n) is 11.0. The number of likely N-dealkylation sites (N-methyl/N-ethyl adjacent to an activating group) is 3. The largest absolute Gasteiger partial charge is 0.494 e. The lowest BCUT2D eigenvalue weighted by Crippen LogP contribution is -2.36. The molecule has 0 aliphatic rings. The lowest BCUT2D eigenvalue weighted by molar-refractivity contribution is -0.142. The summed E-state index contributed by atoms with van der Waals surface area (Å²) < 4.78 is 131. The Morgan fingerprint density at radius 1 is 0.565 bits per heavy atom. The average Bonchev–Trinajstić information content (AvgIpc) is 2.41. The predicted octanol–water partition coefficient (Wildman–Crippen LogP) is 9.71. The van der Waals surface area contributed by atoms with Crippen molar-refractivity contribution >= 4 is 40.7 Å². The lowest BCUT2D eigenvalue weighted by atomic mass is 10.2. The highest BCUT2D eigenvalue weighted by atomic mass is 35.5. The summed E-state index contributed by atoms with van der Waals surface area (Å²) in [4.78, 5) is 61.9. The molecular formula is C56H62ClF9N12O7. The van der Waals surface area contributed by atoms with Gasteiger partial charge in [0.15, 0.2) is 17.1 Å². The van der Waals surface area contributed by atoms with E-state index >= 15 is 0 Å².